The molecule has 0 aliphatic carbocycles. The second-order valence-corrected chi connectivity index (χ2v) is 7.84. The maximum absolute atomic E-state index is 13.0. The number of pyridine rings is 1. The van der Waals surface area contributed by atoms with E-state index in [0.717, 1.165) is 0 Å². The van der Waals surface area contributed by atoms with Crippen LogP contribution in [0, 0.1) is 24.6 Å². The highest BCUT2D eigenvalue weighted by atomic mass is 35.5. The third-order valence-electron chi connectivity index (χ3n) is 4.98. The number of aryl methyl sites for hydroxylation is 1. The maximum atomic E-state index is 13.0. The molecule has 1 fully saturated rings. The summed E-state index contributed by atoms with van der Waals surface area (Å²) in [5, 5.41) is 5.70. The average Bonchev–Trinajstić information content (AvgIpc) is 2.75. The Morgan fingerprint density at radius 1 is 1.09 bits per heavy atom. The molecule has 0 bridgehead atoms. The van der Waals surface area contributed by atoms with E-state index in [1.165, 1.54) is 24.4 Å². The molecule has 8 heteroatoms. The summed E-state index contributed by atoms with van der Waals surface area (Å²) in [6.45, 7) is 2.36. The molecule has 2 N–H and O–H groups in total. The van der Waals surface area contributed by atoms with E-state index in [1.54, 1.807) is 37.3 Å². The molecule has 6 nitrogen and oxygen atoms in total. The van der Waals surface area contributed by atoms with Gasteiger partial charge in [0, 0.05) is 29.4 Å². The molecular weight excluding hydrogens is 445 g/mol. The van der Waals surface area contributed by atoms with E-state index in [-0.39, 0.29) is 22.3 Å². The Morgan fingerprint density at radius 3 is 2.48 bits per heavy atom. The largest absolute Gasteiger partial charge is 0.368 e. The van der Waals surface area contributed by atoms with E-state index in [0.29, 0.717) is 41.2 Å². The second kappa shape index (κ2) is 9.82. The van der Waals surface area contributed by atoms with Crippen LogP contribution in [0.2, 0.25) is 5.02 Å². The van der Waals surface area contributed by atoms with Crippen LogP contribution in [0.5, 0.6) is 0 Å². The van der Waals surface area contributed by atoms with Crippen LogP contribution >= 0.6 is 11.6 Å². The molecule has 1 aromatic heterocycles. The number of nitrogens with one attached hydrogen (secondary N) is 2. The number of ether oxygens (including phenoxy) is 1. The van der Waals surface area contributed by atoms with Gasteiger partial charge in [-0.15, -0.1) is 0 Å². The average molecular weight is 464 g/mol. The molecule has 1 unspecified atom stereocenters. The number of carbonyl (C=O) groups excluding carboxylic acids is 2. The van der Waals surface area contributed by atoms with E-state index < -0.39 is 12.0 Å². The predicted molar refractivity (Wildman–Crippen MR) is 124 cm³/mol. The van der Waals surface area contributed by atoms with Gasteiger partial charge in [-0.25, -0.2) is 9.37 Å². The van der Waals surface area contributed by atoms with Gasteiger partial charge in [0.2, 0.25) is 0 Å². The van der Waals surface area contributed by atoms with Gasteiger partial charge in [-0.2, -0.15) is 0 Å². The number of carbonyl (C=O) groups is 2. The number of hydrogen-bond acceptors (Lipinski definition) is 4. The summed E-state index contributed by atoms with van der Waals surface area (Å²) in [7, 11) is 0. The Kier molecular flexibility index (Phi) is 6.68. The number of halogens is 2. The molecule has 0 saturated carbocycles. The van der Waals surface area contributed by atoms with Crippen molar-refractivity contribution in [2.24, 2.45) is 0 Å². The van der Waals surface area contributed by atoms with Crippen molar-refractivity contribution in [3.05, 3.63) is 87.8 Å². The van der Waals surface area contributed by atoms with Gasteiger partial charge in [0.1, 0.15) is 17.7 Å². The van der Waals surface area contributed by atoms with Gasteiger partial charge >= 0.3 is 0 Å². The Balaban J connectivity index is 1.46. The maximum Gasteiger partial charge on any atom is 0.258 e. The van der Waals surface area contributed by atoms with Crippen LogP contribution in [-0.2, 0) is 9.53 Å². The number of amides is 2. The van der Waals surface area contributed by atoms with Crippen molar-refractivity contribution in [2.75, 3.05) is 17.2 Å². The first-order chi connectivity index (χ1) is 15.9. The minimum Gasteiger partial charge on any atom is -0.368 e. The summed E-state index contributed by atoms with van der Waals surface area (Å²) in [6, 6.07) is 12.3. The number of aromatic nitrogens is 1. The SMILES string of the molecule is Cc1cc(C#Cc2ccc(F)cc2)cnc1NC(=O)c1cc(NC(=O)C2CCO2)ccc1Cl. The summed E-state index contributed by atoms with van der Waals surface area (Å²) in [5.74, 6) is 5.23. The summed E-state index contributed by atoms with van der Waals surface area (Å²) in [6.07, 6.45) is 1.74. The minimum atomic E-state index is -0.463. The predicted octanol–water partition coefficient (Wildman–Crippen LogP) is 4.56. The Labute approximate surface area is 195 Å². The van der Waals surface area contributed by atoms with Gasteiger partial charge in [-0.05, 0) is 61.0 Å². The van der Waals surface area contributed by atoms with E-state index in [1.807, 2.05) is 0 Å². The van der Waals surface area contributed by atoms with Gasteiger partial charge in [-0.1, -0.05) is 23.4 Å². The van der Waals surface area contributed by atoms with Crippen molar-refractivity contribution in [3.63, 3.8) is 0 Å². The minimum absolute atomic E-state index is 0.199. The first-order valence-electron chi connectivity index (χ1n) is 10.2. The third kappa shape index (κ3) is 5.55. The van der Waals surface area contributed by atoms with Crippen molar-refractivity contribution < 1.29 is 18.7 Å². The van der Waals surface area contributed by atoms with Crippen LogP contribution in [0.4, 0.5) is 15.9 Å². The summed E-state index contributed by atoms with van der Waals surface area (Å²) < 4.78 is 18.2. The monoisotopic (exact) mass is 463 g/mol. The topological polar surface area (TPSA) is 80.3 Å². The van der Waals surface area contributed by atoms with Crippen molar-refractivity contribution in [3.8, 4) is 11.8 Å². The van der Waals surface area contributed by atoms with Gasteiger partial charge in [-0.3, -0.25) is 9.59 Å². The molecule has 4 rings (SSSR count). The van der Waals surface area contributed by atoms with Crippen LogP contribution in [0.15, 0.2) is 54.7 Å². The molecule has 0 spiro atoms. The normalized spacial score (nSPS) is 14.5. The summed E-state index contributed by atoms with van der Waals surface area (Å²) >= 11 is 6.21. The van der Waals surface area contributed by atoms with Gasteiger partial charge < -0.3 is 15.4 Å². The fourth-order valence-corrected chi connectivity index (χ4v) is 3.27. The Morgan fingerprint density at radius 2 is 1.82 bits per heavy atom. The smallest absolute Gasteiger partial charge is 0.258 e. The molecule has 0 radical (unpaired) electrons. The standard InChI is InChI=1S/C25H19ClFN3O3/c1-15-12-17(3-2-16-4-6-18(27)7-5-16)14-28-23(15)30-24(31)20-13-19(8-9-21(20)26)29-25(32)22-10-11-33-22/h4-9,12-14,22H,10-11H2,1H3,(H,29,32)(H,28,30,31). The van der Waals surface area contributed by atoms with Crippen molar-refractivity contribution in [2.45, 2.75) is 19.4 Å². The number of nitrogens with zero attached hydrogens (tertiary/aromatic N) is 1. The molecule has 1 atom stereocenters. The van der Waals surface area contributed by atoms with Crippen molar-refractivity contribution >= 4 is 34.9 Å². The summed E-state index contributed by atoms with van der Waals surface area (Å²) in [4.78, 5) is 29.2. The molecule has 1 aliphatic rings. The third-order valence-corrected chi connectivity index (χ3v) is 5.31. The van der Waals surface area contributed by atoms with Gasteiger partial charge in [0.25, 0.3) is 11.8 Å². The van der Waals surface area contributed by atoms with Crippen LogP contribution in [0.25, 0.3) is 0 Å². The fraction of sp³-hybridized carbons (Fsp3) is 0.160. The number of hydrogen-bond donors (Lipinski definition) is 2. The van der Waals surface area contributed by atoms with Crippen molar-refractivity contribution in [1.82, 2.24) is 4.98 Å². The zero-order valence-electron chi connectivity index (χ0n) is 17.6. The van der Waals surface area contributed by atoms with Gasteiger partial charge in [0.05, 0.1) is 17.2 Å². The van der Waals surface area contributed by atoms with Crippen LogP contribution in [0.3, 0.4) is 0 Å². The molecule has 2 heterocycles. The van der Waals surface area contributed by atoms with Crippen LogP contribution < -0.4 is 10.6 Å². The molecular formula is C25H19ClFN3O3. The lowest BCUT2D eigenvalue weighted by Crippen LogP contribution is -2.38. The lowest BCUT2D eigenvalue weighted by atomic mass is 10.1. The number of rotatable bonds is 4. The quantitative estimate of drug-likeness (QED) is 0.556. The van der Waals surface area contributed by atoms with E-state index in [9.17, 15) is 14.0 Å². The first kappa shape index (κ1) is 22.5. The Bertz CT molecular complexity index is 1280. The highest BCUT2D eigenvalue weighted by Crippen LogP contribution is 2.23. The Hall–Kier alpha value is -3.73. The lowest BCUT2D eigenvalue weighted by Gasteiger charge is -2.25. The molecule has 1 saturated heterocycles. The first-order valence-corrected chi connectivity index (χ1v) is 10.5. The zero-order valence-corrected chi connectivity index (χ0v) is 18.4. The molecule has 1 aliphatic heterocycles. The van der Waals surface area contributed by atoms with E-state index in [2.05, 4.69) is 27.5 Å². The van der Waals surface area contributed by atoms with Crippen molar-refractivity contribution in [1.29, 1.82) is 0 Å². The molecule has 2 amide bonds. The lowest BCUT2D eigenvalue weighted by molar-refractivity contribution is -0.139. The highest BCUT2D eigenvalue weighted by molar-refractivity contribution is 6.34. The highest BCUT2D eigenvalue weighted by Gasteiger charge is 2.26. The number of anilines is 2. The second-order valence-electron chi connectivity index (χ2n) is 7.43. The fourth-order valence-electron chi connectivity index (χ4n) is 3.07. The molecule has 33 heavy (non-hydrogen) atoms. The van der Waals surface area contributed by atoms with E-state index in [4.69, 9.17) is 16.3 Å². The van der Waals surface area contributed by atoms with Crippen LogP contribution in [-0.4, -0.2) is 29.5 Å². The number of benzene rings is 2. The molecule has 166 valence electrons. The zero-order chi connectivity index (χ0) is 23.4. The molecule has 3 aromatic rings. The molecule has 2 aromatic carbocycles. The van der Waals surface area contributed by atoms with Crippen LogP contribution in [0.1, 0.15) is 33.5 Å². The summed E-state index contributed by atoms with van der Waals surface area (Å²) in [5.41, 5.74) is 2.68. The van der Waals surface area contributed by atoms with E-state index >= 15 is 0 Å². The van der Waals surface area contributed by atoms with Gasteiger partial charge in [0.15, 0.2) is 0 Å².